The molecule has 1 aromatic heterocycles. The molecule has 0 amide bonds. The summed E-state index contributed by atoms with van der Waals surface area (Å²) in [5, 5.41) is 11.5. The average molecular weight is 244 g/mol. The molecule has 1 N–H and O–H groups in total. The summed E-state index contributed by atoms with van der Waals surface area (Å²) in [5.41, 5.74) is 1.08. The minimum absolute atomic E-state index is 0.186. The Morgan fingerprint density at radius 1 is 1.33 bits per heavy atom. The van der Waals surface area contributed by atoms with Gasteiger partial charge in [0.05, 0.1) is 12.7 Å². The number of hydrogen-bond donors (Lipinski definition) is 1. The highest BCUT2D eigenvalue weighted by Gasteiger charge is 2.17. The van der Waals surface area contributed by atoms with Gasteiger partial charge in [0.15, 0.2) is 0 Å². The molecule has 2 heterocycles. The molecule has 0 aliphatic carbocycles. The Kier molecular flexibility index (Phi) is 3.34. The molecule has 1 aliphatic heterocycles. The first-order valence-corrected chi connectivity index (χ1v) is 6.20. The number of nitrogens with one attached hydrogen (secondary N) is 1. The summed E-state index contributed by atoms with van der Waals surface area (Å²) in [4.78, 5) is 0. The van der Waals surface area contributed by atoms with Crippen LogP contribution in [0.2, 0.25) is 0 Å². The van der Waals surface area contributed by atoms with Crippen molar-refractivity contribution in [3.05, 3.63) is 42.5 Å². The molecule has 0 saturated carbocycles. The number of aromatic nitrogens is 3. The molecule has 0 radical (unpaired) electrons. The Balaban J connectivity index is 1.79. The van der Waals surface area contributed by atoms with E-state index >= 15 is 0 Å². The molecule has 1 aliphatic rings. The SMILES string of the molecule is c1ccc(-n2cnnc2CC2CNCCO2)cc1. The Morgan fingerprint density at radius 2 is 2.22 bits per heavy atom. The average Bonchev–Trinajstić information content (AvgIpc) is 2.89. The predicted molar refractivity (Wildman–Crippen MR) is 67.7 cm³/mol. The van der Waals surface area contributed by atoms with E-state index in [0.29, 0.717) is 0 Å². The van der Waals surface area contributed by atoms with E-state index in [1.54, 1.807) is 6.33 Å². The van der Waals surface area contributed by atoms with Crippen molar-refractivity contribution in [2.45, 2.75) is 12.5 Å². The summed E-state index contributed by atoms with van der Waals surface area (Å²) >= 11 is 0. The molecule has 2 aromatic rings. The fourth-order valence-corrected chi connectivity index (χ4v) is 2.16. The molecule has 1 aromatic carbocycles. The van der Waals surface area contributed by atoms with Crippen LogP contribution < -0.4 is 5.32 Å². The molecule has 94 valence electrons. The largest absolute Gasteiger partial charge is 0.375 e. The van der Waals surface area contributed by atoms with Crippen LogP contribution in [0, 0.1) is 0 Å². The number of nitrogens with zero attached hydrogens (tertiary/aromatic N) is 3. The highest BCUT2D eigenvalue weighted by molar-refractivity contribution is 5.32. The lowest BCUT2D eigenvalue weighted by atomic mass is 10.2. The minimum atomic E-state index is 0.186. The molecule has 18 heavy (non-hydrogen) atoms. The van der Waals surface area contributed by atoms with Crippen LogP contribution in [-0.4, -0.2) is 40.6 Å². The van der Waals surface area contributed by atoms with Crippen molar-refractivity contribution in [3.63, 3.8) is 0 Å². The predicted octanol–water partition coefficient (Wildman–Crippen LogP) is 0.798. The zero-order valence-corrected chi connectivity index (χ0v) is 10.1. The van der Waals surface area contributed by atoms with Crippen LogP contribution in [0.1, 0.15) is 5.82 Å². The van der Waals surface area contributed by atoms with Gasteiger partial charge in [-0.1, -0.05) is 18.2 Å². The van der Waals surface area contributed by atoms with E-state index in [1.807, 2.05) is 34.9 Å². The van der Waals surface area contributed by atoms with E-state index in [4.69, 9.17) is 4.74 Å². The maximum Gasteiger partial charge on any atom is 0.140 e. The first-order chi connectivity index (χ1) is 8.93. The maximum absolute atomic E-state index is 5.70. The summed E-state index contributed by atoms with van der Waals surface area (Å²) < 4.78 is 7.71. The van der Waals surface area contributed by atoms with Gasteiger partial charge < -0.3 is 10.1 Å². The van der Waals surface area contributed by atoms with Crippen LogP contribution in [-0.2, 0) is 11.2 Å². The minimum Gasteiger partial charge on any atom is -0.375 e. The summed E-state index contributed by atoms with van der Waals surface area (Å²) in [7, 11) is 0. The topological polar surface area (TPSA) is 52.0 Å². The molecule has 1 atom stereocenters. The molecule has 1 fully saturated rings. The van der Waals surface area contributed by atoms with E-state index in [-0.39, 0.29) is 6.10 Å². The van der Waals surface area contributed by atoms with E-state index in [1.165, 1.54) is 0 Å². The highest BCUT2D eigenvalue weighted by atomic mass is 16.5. The van der Waals surface area contributed by atoms with Gasteiger partial charge in [0.1, 0.15) is 12.2 Å². The summed E-state index contributed by atoms with van der Waals surface area (Å²) in [6.07, 6.45) is 2.72. The lowest BCUT2D eigenvalue weighted by Crippen LogP contribution is -2.40. The number of morpholine rings is 1. The molecule has 0 spiro atoms. The molecule has 5 nitrogen and oxygen atoms in total. The van der Waals surface area contributed by atoms with Crippen molar-refractivity contribution in [1.82, 2.24) is 20.1 Å². The van der Waals surface area contributed by atoms with E-state index in [9.17, 15) is 0 Å². The molecular weight excluding hydrogens is 228 g/mol. The van der Waals surface area contributed by atoms with Gasteiger partial charge in [-0.05, 0) is 12.1 Å². The van der Waals surface area contributed by atoms with Gasteiger partial charge in [-0.15, -0.1) is 10.2 Å². The monoisotopic (exact) mass is 244 g/mol. The zero-order chi connectivity index (χ0) is 12.2. The standard InChI is InChI=1S/C13H16N4O/c1-2-4-11(5-3-1)17-10-15-16-13(17)8-12-9-14-6-7-18-12/h1-5,10,12,14H,6-9H2. The van der Waals surface area contributed by atoms with Gasteiger partial charge in [-0.2, -0.15) is 0 Å². The first kappa shape index (κ1) is 11.4. The number of hydrogen-bond acceptors (Lipinski definition) is 4. The van der Waals surface area contributed by atoms with Crippen molar-refractivity contribution >= 4 is 0 Å². The number of rotatable bonds is 3. The molecular formula is C13H16N4O. The second kappa shape index (κ2) is 5.29. The van der Waals surface area contributed by atoms with Gasteiger partial charge in [0.2, 0.25) is 0 Å². The van der Waals surface area contributed by atoms with E-state index < -0.39 is 0 Å². The van der Waals surface area contributed by atoms with Crippen LogP contribution in [0.3, 0.4) is 0 Å². The molecule has 5 heteroatoms. The van der Waals surface area contributed by atoms with Crippen LogP contribution >= 0.6 is 0 Å². The van der Waals surface area contributed by atoms with Crippen molar-refractivity contribution in [2.75, 3.05) is 19.7 Å². The van der Waals surface area contributed by atoms with Gasteiger partial charge in [-0.25, -0.2) is 0 Å². The molecule has 0 bridgehead atoms. The quantitative estimate of drug-likeness (QED) is 0.867. The molecule has 3 rings (SSSR count). The van der Waals surface area contributed by atoms with Gasteiger partial charge in [0.25, 0.3) is 0 Å². The second-order valence-corrected chi connectivity index (χ2v) is 4.35. The smallest absolute Gasteiger partial charge is 0.140 e. The zero-order valence-electron chi connectivity index (χ0n) is 10.1. The highest BCUT2D eigenvalue weighted by Crippen LogP contribution is 2.12. The van der Waals surface area contributed by atoms with Gasteiger partial charge >= 0.3 is 0 Å². The normalized spacial score (nSPS) is 19.9. The van der Waals surface area contributed by atoms with Crippen molar-refractivity contribution in [3.8, 4) is 5.69 Å². The van der Waals surface area contributed by atoms with Crippen LogP contribution in [0.25, 0.3) is 5.69 Å². The third-order valence-electron chi connectivity index (χ3n) is 3.07. The fraction of sp³-hybridized carbons (Fsp3) is 0.385. The van der Waals surface area contributed by atoms with Gasteiger partial charge in [0, 0.05) is 25.2 Å². The fourth-order valence-electron chi connectivity index (χ4n) is 2.16. The third kappa shape index (κ3) is 2.42. The lowest BCUT2D eigenvalue weighted by Gasteiger charge is -2.23. The van der Waals surface area contributed by atoms with Crippen molar-refractivity contribution < 1.29 is 4.74 Å². The number of benzene rings is 1. The lowest BCUT2D eigenvalue weighted by molar-refractivity contribution is 0.0278. The van der Waals surface area contributed by atoms with E-state index in [2.05, 4.69) is 15.5 Å². The number of para-hydroxylation sites is 1. The van der Waals surface area contributed by atoms with Crippen LogP contribution in [0.4, 0.5) is 0 Å². The second-order valence-electron chi connectivity index (χ2n) is 4.35. The Labute approximate surface area is 106 Å². The maximum atomic E-state index is 5.70. The Bertz CT molecular complexity index is 491. The Hall–Kier alpha value is -1.72. The summed E-state index contributed by atoms with van der Waals surface area (Å²) in [6.45, 7) is 2.58. The molecule has 1 unspecified atom stereocenters. The van der Waals surface area contributed by atoms with Crippen LogP contribution in [0.5, 0.6) is 0 Å². The summed E-state index contributed by atoms with van der Waals surface area (Å²) in [5.74, 6) is 0.940. The van der Waals surface area contributed by atoms with Gasteiger partial charge in [-0.3, -0.25) is 4.57 Å². The number of ether oxygens (including phenoxy) is 1. The first-order valence-electron chi connectivity index (χ1n) is 6.20. The molecule has 1 saturated heterocycles. The van der Waals surface area contributed by atoms with Crippen LogP contribution in [0.15, 0.2) is 36.7 Å². The van der Waals surface area contributed by atoms with Crippen molar-refractivity contribution in [1.29, 1.82) is 0 Å². The third-order valence-corrected chi connectivity index (χ3v) is 3.07. The summed E-state index contributed by atoms with van der Waals surface area (Å²) in [6, 6.07) is 10.1. The van der Waals surface area contributed by atoms with E-state index in [0.717, 1.165) is 37.6 Å². The van der Waals surface area contributed by atoms with Crippen molar-refractivity contribution in [2.24, 2.45) is 0 Å². The Morgan fingerprint density at radius 3 is 3.00 bits per heavy atom.